The van der Waals surface area contributed by atoms with Gasteiger partial charge >= 0.3 is 0 Å². The van der Waals surface area contributed by atoms with Crippen molar-refractivity contribution < 1.29 is 4.74 Å². The molecule has 0 saturated carbocycles. The van der Waals surface area contributed by atoms with Crippen molar-refractivity contribution in [2.45, 2.75) is 90.9 Å². The Bertz CT molecular complexity index is 692. The number of unbranched alkanes of at least 4 members (excludes halogenated alkanes) is 8. The predicted molar refractivity (Wildman–Crippen MR) is 128 cm³/mol. The van der Waals surface area contributed by atoms with Crippen LogP contribution in [0.2, 0.25) is 0 Å². The van der Waals surface area contributed by atoms with Crippen molar-refractivity contribution in [1.29, 1.82) is 0 Å². The molecule has 0 aliphatic heterocycles. The van der Waals surface area contributed by atoms with Gasteiger partial charge in [-0.2, -0.15) is 0 Å². The highest BCUT2D eigenvalue weighted by Gasteiger charge is 2.03. The van der Waals surface area contributed by atoms with Gasteiger partial charge in [-0.25, -0.2) is 9.97 Å². The molecule has 3 heteroatoms. The number of aromatic nitrogens is 2. The number of hydrogen-bond acceptors (Lipinski definition) is 3. The van der Waals surface area contributed by atoms with Crippen molar-refractivity contribution in [3.63, 3.8) is 0 Å². The van der Waals surface area contributed by atoms with Crippen LogP contribution in [0.1, 0.15) is 90.0 Å². The number of nitrogens with zero attached hydrogens (tertiary/aromatic N) is 2. The van der Waals surface area contributed by atoms with E-state index in [0.29, 0.717) is 6.61 Å². The van der Waals surface area contributed by atoms with E-state index in [1.54, 1.807) is 0 Å². The minimum Gasteiger partial charge on any atom is -0.493 e. The second-order valence-electron chi connectivity index (χ2n) is 8.06. The van der Waals surface area contributed by atoms with Gasteiger partial charge in [0.25, 0.3) is 0 Å². The molecule has 2 rings (SSSR count). The van der Waals surface area contributed by atoms with Crippen LogP contribution in [0.4, 0.5) is 0 Å². The molecular formula is C27H40N2O. The zero-order valence-electron chi connectivity index (χ0n) is 19.1. The second kappa shape index (κ2) is 15.6. The SMILES string of the molecule is CCCC/C=C\CCOc1ccc(-c2ncc(CCCCCCCCC)cn2)cc1. The molecule has 1 aromatic heterocycles. The maximum Gasteiger partial charge on any atom is 0.159 e. The highest BCUT2D eigenvalue weighted by Crippen LogP contribution is 2.20. The van der Waals surface area contributed by atoms with E-state index in [1.807, 2.05) is 36.7 Å². The van der Waals surface area contributed by atoms with Crippen molar-refractivity contribution in [3.05, 3.63) is 54.4 Å². The number of ether oxygens (including phenoxy) is 1. The van der Waals surface area contributed by atoms with Gasteiger partial charge in [-0.05, 0) is 55.5 Å². The lowest BCUT2D eigenvalue weighted by Gasteiger charge is -2.06. The Balaban J connectivity index is 1.68. The molecule has 0 bridgehead atoms. The van der Waals surface area contributed by atoms with E-state index in [0.717, 1.165) is 30.0 Å². The van der Waals surface area contributed by atoms with E-state index < -0.39 is 0 Å². The maximum atomic E-state index is 5.82. The Morgan fingerprint density at radius 1 is 0.733 bits per heavy atom. The van der Waals surface area contributed by atoms with Gasteiger partial charge in [-0.1, -0.05) is 77.4 Å². The number of benzene rings is 1. The summed E-state index contributed by atoms with van der Waals surface area (Å²) in [6.07, 6.45) is 23.5. The normalized spacial score (nSPS) is 11.3. The van der Waals surface area contributed by atoms with Crippen LogP contribution in [-0.4, -0.2) is 16.6 Å². The first-order valence-corrected chi connectivity index (χ1v) is 12.0. The first kappa shape index (κ1) is 24.1. The van der Waals surface area contributed by atoms with Crippen LogP contribution < -0.4 is 4.74 Å². The van der Waals surface area contributed by atoms with Gasteiger partial charge < -0.3 is 4.74 Å². The second-order valence-corrected chi connectivity index (χ2v) is 8.06. The van der Waals surface area contributed by atoms with Gasteiger partial charge in [-0.3, -0.25) is 0 Å². The third-order valence-electron chi connectivity index (χ3n) is 5.33. The van der Waals surface area contributed by atoms with E-state index in [4.69, 9.17) is 4.74 Å². The van der Waals surface area contributed by atoms with Crippen molar-refractivity contribution in [3.8, 4) is 17.1 Å². The molecule has 0 amide bonds. The maximum absolute atomic E-state index is 5.82. The number of allylic oxidation sites excluding steroid dienone is 1. The third kappa shape index (κ3) is 10.0. The summed E-state index contributed by atoms with van der Waals surface area (Å²) in [5.74, 6) is 1.68. The Labute approximate surface area is 184 Å². The monoisotopic (exact) mass is 408 g/mol. The van der Waals surface area contributed by atoms with Gasteiger partial charge in [0.1, 0.15) is 5.75 Å². The summed E-state index contributed by atoms with van der Waals surface area (Å²) >= 11 is 0. The fourth-order valence-electron chi connectivity index (χ4n) is 3.42. The van der Waals surface area contributed by atoms with Crippen molar-refractivity contribution in [1.82, 2.24) is 9.97 Å². The lowest BCUT2D eigenvalue weighted by molar-refractivity contribution is 0.325. The molecule has 0 saturated heterocycles. The fraction of sp³-hybridized carbons (Fsp3) is 0.556. The van der Waals surface area contributed by atoms with E-state index in [-0.39, 0.29) is 0 Å². The van der Waals surface area contributed by atoms with Crippen LogP contribution in [0.25, 0.3) is 11.4 Å². The Morgan fingerprint density at radius 3 is 2.07 bits per heavy atom. The van der Waals surface area contributed by atoms with Crippen LogP contribution >= 0.6 is 0 Å². The molecule has 30 heavy (non-hydrogen) atoms. The molecule has 2 aromatic rings. The van der Waals surface area contributed by atoms with Crippen molar-refractivity contribution in [2.75, 3.05) is 6.61 Å². The van der Waals surface area contributed by atoms with Gasteiger partial charge in [0.15, 0.2) is 5.82 Å². The van der Waals surface area contributed by atoms with E-state index in [2.05, 4.69) is 36.0 Å². The summed E-state index contributed by atoms with van der Waals surface area (Å²) in [6, 6.07) is 8.09. The molecule has 0 unspecified atom stereocenters. The summed E-state index contributed by atoms with van der Waals surface area (Å²) in [7, 11) is 0. The summed E-state index contributed by atoms with van der Waals surface area (Å²) in [6.45, 7) is 5.20. The van der Waals surface area contributed by atoms with Crippen molar-refractivity contribution >= 4 is 0 Å². The number of rotatable bonds is 16. The topological polar surface area (TPSA) is 35.0 Å². The molecule has 0 fully saturated rings. The Kier molecular flexibility index (Phi) is 12.6. The first-order valence-electron chi connectivity index (χ1n) is 12.0. The molecule has 0 atom stereocenters. The molecular weight excluding hydrogens is 368 g/mol. The van der Waals surface area contributed by atoms with Crippen LogP contribution in [0, 0.1) is 0 Å². The molecule has 1 aromatic carbocycles. The van der Waals surface area contributed by atoms with Crippen LogP contribution in [0.3, 0.4) is 0 Å². The number of hydrogen-bond donors (Lipinski definition) is 0. The fourth-order valence-corrected chi connectivity index (χ4v) is 3.42. The molecule has 0 N–H and O–H groups in total. The average molecular weight is 409 g/mol. The van der Waals surface area contributed by atoms with Crippen molar-refractivity contribution in [2.24, 2.45) is 0 Å². The quantitative estimate of drug-likeness (QED) is 0.209. The molecule has 1 heterocycles. The summed E-state index contributed by atoms with van der Waals surface area (Å²) in [4.78, 5) is 9.14. The summed E-state index contributed by atoms with van der Waals surface area (Å²) < 4.78 is 5.82. The van der Waals surface area contributed by atoms with Gasteiger partial charge in [0.2, 0.25) is 0 Å². The van der Waals surface area contributed by atoms with E-state index in [9.17, 15) is 0 Å². The Hall–Kier alpha value is -2.16. The minimum absolute atomic E-state index is 0.714. The molecule has 3 nitrogen and oxygen atoms in total. The van der Waals surface area contributed by atoms with Gasteiger partial charge in [0, 0.05) is 18.0 Å². The Morgan fingerprint density at radius 2 is 1.37 bits per heavy atom. The highest BCUT2D eigenvalue weighted by molar-refractivity contribution is 5.55. The summed E-state index contributed by atoms with van der Waals surface area (Å²) in [5, 5.41) is 0. The zero-order chi connectivity index (χ0) is 21.3. The third-order valence-corrected chi connectivity index (χ3v) is 5.33. The smallest absolute Gasteiger partial charge is 0.159 e. The molecule has 0 aliphatic rings. The molecule has 0 spiro atoms. The van der Waals surface area contributed by atoms with Crippen LogP contribution in [0.15, 0.2) is 48.8 Å². The standard InChI is InChI=1S/C27H40N2O/c1-3-5-7-9-11-12-14-16-24-22-28-27(29-23-24)25-17-19-26(20-18-25)30-21-15-13-10-8-6-4-2/h10,13,17-20,22-23H,3-9,11-12,14-16,21H2,1-2H3/b13-10-. The average Bonchev–Trinajstić information content (AvgIpc) is 2.79. The number of aryl methyl sites for hydroxylation is 1. The van der Waals surface area contributed by atoms with Crippen LogP contribution in [0.5, 0.6) is 5.75 Å². The minimum atomic E-state index is 0.714. The van der Waals surface area contributed by atoms with Gasteiger partial charge in [0.05, 0.1) is 6.61 Å². The van der Waals surface area contributed by atoms with E-state index >= 15 is 0 Å². The molecule has 0 radical (unpaired) electrons. The molecule has 164 valence electrons. The molecule has 0 aliphatic carbocycles. The lowest BCUT2D eigenvalue weighted by atomic mass is 10.1. The van der Waals surface area contributed by atoms with Crippen LogP contribution in [-0.2, 0) is 6.42 Å². The highest BCUT2D eigenvalue weighted by atomic mass is 16.5. The van der Waals surface area contributed by atoms with Gasteiger partial charge in [-0.15, -0.1) is 0 Å². The first-order chi connectivity index (χ1) is 14.8. The largest absolute Gasteiger partial charge is 0.493 e. The zero-order valence-corrected chi connectivity index (χ0v) is 19.1. The predicted octanol–water partition coefficient (Wildman–Crippen LogP) is 7.95. The summed E-state index contributed by atoms with van der Waals surface area (Å²) in [5.41, 5.74) is 2.27. The van der Waals surface area contributed by atoms with E-state index in [1.165, 1.54) is 69.8 Å². The lowest BCUT2D eigenvalue weighted by Crippen LogP contribution is -1.96.